The number of amides is 3. The number of nitrogens with two attached hydrogens (primary N) is 1. The third kappa shape index (κ3) is 3.90. The van der Waals surface area contributed by atoms with Crippen LogP contribution in [-0.2, 0) is 9.59 Å². The van der Waals surface area contributed by atoms with Crippen LogP contribution < -0.4 is 16.4 Å². The molecule has 0 saturated heterocycles. The van der Waals surface area contributed by atoms with Crippen LogP contribution in [-0.4, -0.2) is 36.1 Å². The molecule has 1 fully saturated rings. The molecule has 3 unspecified atom stereocenters. The number of primary amides is 1. The second-order valence-electron chi connectivity index (χ2n) is 4.71. The molecular weight excluding hydrogens is 238 g/mol. The van der Waals surface area contributed by atoms with Crippen molar-refractivity contribution in [2.24, 2.45) is 23.5 Å². The van der Waals surface area contributed by atoms with Crippen molar-refractivity contribution in [1.29, 1.82) is 0 Å². The molecule has 0 aromatic heterocycles. The van der Waals surface area contributed by atoms with Crippen LogP contribution in [0.3, 0.4) is 0 Å². The summed E-state index contributed by atoms with van der Waals surface area (Å²) in [6.45, 7) is 2.43. The molecule has 0 aromatic rings. The normalized spacial score (nSPS) is 26.6. The van der Waals surface area contributed by atoms with Gasteiger partial charge >= 0.3 is 12.0 Å². The molecule has 0 spiro atoms. The lowest BCUT2D eigenvalue weighted by atomic mass is 9.95. The number of urea groups is 1. The highest BCUT2D eigenvalue weighted by Crippen LogP contribution is 2.36. The third-order valence-electron chi connectivity index (χ3n) is 3.18. The summed E-state index contributed by atoms with van der Waals surface area (Å²) in [5.74, 6) is -2.03. The highest BCUT2D eigenvalue weighted by atomic mass is 16.4. The highest BCUT2D eigenvalue weighted by molar-refractivity contribution is 5.85. The number of aliphatic carboxylic acids is 1. The Morgan fingerprint density at radius 1 is 1.17 bits per heavy atom. The zero-order valence-electron chi connectivity index (χ0n) is 10.3. The first-order chi connectivity index (χ1) is 8.41. The lowest BCUT2D eigenvalue weighted by Crippen LogP contribution is -2.40. The molecule has 5 N–H and O–H groups in total. The van der Waals surface area contributed by atoms with Crippen molar-refractivity contribution in [2.45, 2.75) is 19.8 Å². The van der Waals surface area contributed by atoms with E-state index in [1.54, 1.807) is 0 Å². The summed E-state index contributed by atoms with van der Waals surface area (Å²) < 4.78 is 0. The van der Waals surface area contributed by atoms with E-state index in [0.717, 1.165) is 0 Å². The first-order valence-corrected chi connectivity index (χ1v) is 5.95. The number of rotatable bonds is 5. The van der Waals surface area contributed by atoms with Gasteiger partial charge < -0.3 is 21.5 Å². The van der Waals surface area contributed by atoms with Crippen LogP contribution in [0.15, 0.2) is 0 Å². The molecule has 0 aliphatic heterocycles. The van der Waals surface area contributed by atoms with Crippen molar-refractivity contribution in [3.05, 3.63) is 0 Å². The molecule has 0 heterocycles. The van der Waals surface area contributed by atoms with Crippen LogP contribution in [0.1, 0.15) is 19.8 Å². The Morgan fingerprint density at radius 2 is 1.72 bits per heavy atom. The zero-order valence-corrected chi connectivity index (χ0v) is 10.3. The molecule has 0 radical (unpaired) electrons. The van der Waals surface area contributed by atoms with Gasteiger partial charge in [0.05, 0.1) is 11.8 Å². The Kier molecular flexibility index (Phi) is 4.94. The molecule has 1 saturated carbocycles. The van der Waals surface area contributed by atoms with Crippen molar-refractivity contribution in [3.63, 3.8) is 0 Å². The molecule has 7 heteroatoms. The predicted octanol–water partition coefficient (Wildman–Crippen LogP) is -0.482. The SMILES string of the molecule is CC1CC(C(=O)O)C(C(=O)NCCNC(N)=O)C1. The largest absolute Gasteiger partial charge is 0.481 e. The monoisotopic (exact) mass is 257 g/mol. The van der Waals surface area contributed by atoms with E-state index in [1.807, 2.05) is 6.92 Å². The van der Waals surface area contributed by atoms with E-state index >= 15 is 0 Å². The molecule has 102 valence electrons. The molecular formula is C11H19N3O4. The predicted molar refractivity (Wildman–Crippen MR) is 63.6 cm³/mol. The maximum Gasteiger partial charge on any atom is 0.312 e. The van der Waals surface area contributed by atoms with E-state index in [0.29, 0.717) is 12.8 Å². The van der Waals surface area contributed by atoms with Gasteiger partial charge in [-0.1, -0.05) is 6.92 Å². The van der Waals surface area contributed by atoms with Crippen LogP contribution >= 0.6 is 0 Å². The molecule has 1 aliphatic carbocycles. The smallest absolute Gasteiger partial charge is 0.312 e. The number of carboxylic acids is 1. The van der Waals surface area contributed by atoms with Crippen LogP contribution in [0.2, 0.25) is 0 Å². The molecule has 0 aromatic carbocycles. The first-order valence-electron chi connectivity index (χ1n) is 5.95. The van der Waals surface area contributed by atoms with Crippen LogP contribution in [0.5, 0.6) is 0 Å². The summed E-state index contributed by atoms with van der Waals surface area (Å²) >= 11 is 0. The Bertz CT molecular complexity index is 345. The Balaban J connectivity index is 2.40. The lowest BCUT2D eigenvalue weighted by molar-refractivity contribution is -0.146. The second kappa shape index (κ2) is 6.23. The van der Waals surface area contributed by atoms with E-state index in [-0.39, 0.29) is 24.9 Å². The number of nitrogens with one attached hydrogen (secondary N) is 2. The van der Waals surface area contributed by atoms with Gasteiger partial charge in [-0.2, -0.15) is 0 Å². The maximum atomic E-state index is 11.8. The molecule has 3 atom stereocenters. The van der Waals surface area contributed by atoms with E-state index in [2.05, 4.69) is 10.6 Å². The molecule has 7 nitrogen and oxygen atoms in total. The van der Waals surface area contributed by atoms with Gasteiger partial charge in [-0.3, -0.25) is 9.59 Å². The van der Waals surface area contributed by atoms with Crippen LogP contribution in [0, 0.1) is 17.8 Å². The first kappa shape index (κ1) is 14.3. The summed E-state index contributed by atoms with van der Waals surface area (Å²) in [6, 6.07) is -0.651. The minimum absolute atomic E-state index is 0.237. The molecule has 3 amide bonds. The zero-order chi connectivity index (χ0) is 13.7. The Labute approximate surface area is 105 Å². The number of hydrogen-bond donors (Lipinski definition) is 4. The number of carboxylic acid groups (broad SMARTS) is 1. The van der Waals surface area contributed by atoms with Crippen LogP contribution in [0.25, 0.3) is 0 Å². The Hall–Kier alpha value is -1.79. The fourth-order valence-corrected chi connectivity index (χ4v) is 2.36. The minimum Gasteiger partial charge on any atom is -0.481 e. The van der Waals surface area contributed by atoms with E-state index in [4.69, 9.17) is 10.8 Å². The van der Waals surface area contributed by atoms with Gasteiger partial charge in [0.25, 0.3) is 0 Å². The van der Waals surface area contributed by atoms with Gasteiger partial charge in [0.2, 0.25) is 5.91 Å². The number of carbonyl (C=O) groups is 3. The minimum atomic E-state index is -0.922. The van der Waals surface area contributed by atoms with Crippen molar-refractivity contribution < 1.29 is 19.5 Å². The van der Waals surface area contributed by atoms with Gasteiger partial charge in [-0.05, 0) is 18.8 Å². The maximum absolute atomic E-state index is 11.8. The van der Waals surface area contributed by atoms with E-state index in [1.165, 1.54) is 0 Å². The fourth-order valence-electron chi connectivity index (χ4n) is 2.36. The fraction of sp³-hybridized carbons (Fsp3) is 0.727. The molecule has 18 heavy (non-hydrogen) atoms. The summed E-state index contributed by atoms with van der Waals surface area (Å²) in [6.07, 6.45) is 1.12. The lowest BCUT2D eigenvalue weighted by Gasteiger charge is -2.15. The Morgan fingerprint density at radius 3 is 2.28 bits per heavy atom. The van der Waals surface area contributed by atoms with Gasteiger partial charge in [-0.25, -0.2) is 4.79 Å². The quantitative estimate of drug-likeness (QED) is 0.497. The molecule has 0 bridgehead atoms. The average Bonchev–Trinajstić information content (AvgIpc) is 2.66. The number of hydrogen-bond acceptors (Lipinski definition) is 3. The molecule has 1 rings (SSSR count). The van der Waals surface area contributed by atoms with Gasteiger partial charge in [0, 0.05) is 13.1 Å². The summed E-state index contributed by atoms with van der Waals surface area (Å²) in [5.41, 5.74) is 4.87. The average molecular weight is 257 g/mol. The second-order valence-corrected chi connectivity index (χ2v) is 4.71. The topological polar surface area (TPSA) is 122 Å². The van der Waals surface area contributed by atoms with E-state index < -0.39 is 23.8 Å². The van der Waals surface area contributed by atoms with Gasteiger partial charge in [0.1, 0.15) is 0 Å². The van der Waals surface area contributed by atoms with Crippen molar-refractivity contribution in [1.82, 2.24) is 10.6 Å². The standard InChI is InChI=1S/C11H19N3O4/c1-6-4-7(8(5-6)10(16)17)9(15)13-2-3-14-11(12)18/h6-8H,2-5H2,1H3,(H,13,15)(H,16,17)(H3,12,14,18). The third-order valence-corrected chi connectivity index (χ3v) is 3.18. The summed E-state index contributed by atoms with van der Waals surface area (Å²) in [4.78, 5) is 33.3. The van der Waals surface area contributed by atoms with Crippen LogP contribution in [0.4, 0.5) is 4.79 Å². The van der Waals surface area contributed by atoms with Gasteiger partial charge in [0.15, 0.2) is 0 Å². The summed E-state index contributed by atoms with van der Waals surface area (Å²) in [5, 5.41) is 14.0. The number of carbonyl (C=O) groups excluding carboxylic acids is 2. The van der Waals surface area contributed by atoms with E-state index in [9.17, 15) is 14.4 Å². The van der Waals surface area contributed by atoms with Gasteiger partial charge in [-0.15, -0.1) is 0 Å². The van der Waals surface area contributed by atoms with Crippen molar-refractivity contribution in [3.8, 4) is 0 Å². The summed E-state index contributed by atoms with van der Waals surface area (Å²) in [7, 11) is 0. The highest BCUT2D eigenvalue weighted by Gasteiger charge is 2.40. The van der Waals surface area contributed by atoms with Crippen molar-refractivity contribution >= 4 is 17.9 Å². The van der Waals surface area contributed by atoms with Crippen molar-refractivity contribution in [2.75, 3.05) is 13.1 Å². The molecule has 1 aliphatic rings.